The van der Waals surface area contributed by atoms with Crippen LogP contribution < -0.4 is 5.32 Å². The maximum atomic E-state index is 12.3. The molecule has 0 atom stereocenters. The van der Waals surface area contributed by atoms with Gasteiger partial charge in [0.25, 0.3) is 5.91 Å². The van der Waals surface area contributed by atoms with Crippen molar-refractivity contribution >= 4 is 17.5 Å². The number of nitrogens with zero attached hydrogens (tertiary/aromatic N) is 1. The number of likely N-dealkylation sites (tertiary alicyclic amines) is 1. The first kappa shape index (κ1) is 14.3. The molecule has 1 aliphatic rings. The second kappa shape index (κ2) is 6.89. The minimum Gasteiger partial charge on any atom is -0.395 e. The molecular formula is C14H19ClN2O2. The number of rotatable bonds is 4. The molecule has 0 radical (unpaired) electrons. The molecule has 5 heteroatoms. The van der Waals surface area contributed by atoms with Crippen LogP contribution in [0.25, 0.3) is 0 Å². The highest BCUT2D eigenvalue weighted by molar-refractivity contribution is 6.30. The fourth-order valence-corrected chi connectivity index (χ4v) is 2.46. The number of piperidine rings is 1. The van der Waals surface area contributed by atoms with Crippen LogP contribution in [-0.4, -0.2) is 48.2 Å². The summed E-state index contributed by atoms with van der Waals surface area (Å²) in [6, 6.07) is 7.41. The summed E-state index contributed by atoms with van der Waals surface area (Å²) >= 11 is 5.82. The van der Waals surface area contributed by atoms with Gasteiger partial charge in [0.05, 0.1) is 6.61 Å². The molecule has 4 nitrogen and oxygen atoms in total. The fraction of sp³-hybridized carbons (Fsp3) is 0.500. The molecular weight excluding hydrogens is 264 g/mol. The molecule has 0 spiro atoms. The van der Waals surface area contributed by atoms with E-state index in [0.717, 1.165) is 25.9 Å². The Morgan fingerprint density at radius 2 is 1.95 bits per heavy atom. The van der Waals surface area contributed by atoms with E-state index >= 15 is 0 Å². The van der Waals surface area contributed by atoms with Crippen molar-refractivity contribution in [2.24, 2.45) is 0 Å². The molecule has 0 saturated carbocycles. The standard InChI is InChI=1S/C14H19ClN2O2/c15-12-3-1-11(2-4-12)14(19)17-8-5-13(6-9-17)16-7-10-18/h1-4,13,16,18H,5-10H2. The van der Waals surface area contributed by atoms with E-state index in [-0.39, 0.29) is 12.5 Å². The van der Waals surface area contributed by atoms with Crippen LogP contribution in [-0.2, 0) is 0 Å². The SMILES string of the molecule is O=C(c1ccc(Cl)cc1)N1CCC(NCCO)CC1. The lowest BCUT2D eigenvalue weighted by Gasteiger charge is -2.32. The van der Waals surface area contributed by atoms with E-state index < -0.39 is 0 Å². The summed E-state index contributed by atoms with van der Waals surface area (Å²) in [6.45, 7) is 2.29. The monoisotopic (exact) mass is 282 g/mol. The first-order valence-corrected chi connectivity index (χ1v) is 6.97. The predicted octanol–water partition coefficient (Wildman–Crippen LogP) is 1.53. The van der Waals surface area contributed by atoms with Gasteiger partial charge < -0.3 is 15.3 Å². The molecule has 19 heavy (non-hydrogen) atoms. The number of amides is 1. The third-order valence-electron chi connectivity index (χ3n) is 3.42. The molecule has 104 valence electrons. The summed E-state index contributed by atoms with van der Waals surface area (Å²) in [5.74, 6) is 0.0669. The van der Waals surface area contributed by atoms with Crippen LogP contribution in [0.15, 0.2) is 24.3 Å². The molecule has 1 amide bonds. The lowest BCUT2D eigenvalue weighted by atomic mass is 10.0. The first-order valence-electron chi connectivity index (χ1n) is 6.60. The van der Waals surface area contributed by atoms with E-state index in [2.05, 4.69) is 5.32 Å². The van der Waals surface area contributed by atoms with Gasteiger partial charge >= 0.3 is 0 Å². The quantitative estimate of drug-likeness (QED) is 0.881. The molecule has 0 aromatic heterocycles. The second-order valence-corrected chi connectivity index (χ2v) is 5.19. The second-order valence-electron chi connectivity index (χ2n) is 4.75. The van der Waals surface area contributed by atoms with Crippen LogP contribution in [0.2, 0.25) is 5.02 Å². The summed E-state index contributed by atoms with van der Waals surface area (Å²) in [4.78, 5) is 14.1. The van der Waals surface area contributed by atoms with E-state index in [0.29, 0.717) is 23.2 Å². The third kappa shape index (κ3) is 3.93. The van der Waals surface area contributed by atoms with Crippen molar-refractivity contribution in [3.8, 4) is 0 Å². The molecule has 1 aliphatic heterocycles. The molecule has 2 rings (SSSR count). The largest absolute Gasteiger partial charge is 0.395 e. The highest BCUT2D eigenvalue weighted by Crippen LogP contribution is 2.15. The van der Waals surface area contributed by atoms with Gasteiger partial charge in [-0.2, -0.15) is 0 Å². The van der Waals surface area contributed by atoms with Gasteiger partial charge in [-0.15, -0.1) is 0 Å². The van der Waals surface area contributed by atoms with Gasteiger partial charge in [0.1, 0.15) is 0 Å². The average Bonchev–Trinajstić information content (AvgIpc) is 2.46. The molecule has 1 saturated heterocycles. The van der Waals surface area contributed by atoms with Gasteiger partial charge in [0, 0.05) is 36.3 Å². The number of aliphatic hydroxyl groups excluding tert-OH is 1. The maximum Gasteiger partial charge on any atom is 0.253 e. The third-order valence-corrected chi connectivity index (χ3v) is 3.67. The highest BCUT2D eigenvalue weighted by atomic mass is 35.5. The van der Waals surface area contributed by atoms with Crippen LogP contribution in [0.4, 0.5) is 0 Å². The molecule has 0 bridgehead atoms. The number of halogens is 1. The molecule has 0 aliphatic carbocycles. The van der Waals surface area contributed by atoms with Crippen molar-refractivity contribution < 1.29 is 9.90 Å². The van der Waals surface area contributed by atoms with Gasteiger partial charge in [-0.3, -0.25) is 4.79 Å². The van der Waals surface area contributed by atoms with Gasteiger partial charge in [-0.25, -0.2) is 0 Å². The maximum absolute atomic E-state index is 12.3. The van der Waals surface area contributed by atoms with Crippen LogP contribution in [0, 0.1) is 0 Å². The molecule has 0 unspecified atom stereocenters. The van der Waals surface area contributed by atoms with Crippen LogP contribution in [0.3, 0.4) is 0 Å². The number of nitrogens with one attached hydrogen (secondary N) is 1. The highest BCUT2D eigenvalue weighted by Gasteiger charge is 2.23. The fourth-order valence-electron chi connectivity index (χ4n) is 2.33. The number of carbonyl (C=O) groups excluding carboxylic acids is 1. The Labute approximate surface area is 118 Å². The molecule has 1 aromatic carbocycles. The number of hydrogen-bond acceptors (Lipinski definition) is 3. The smallest absolute Gasteiger partial charge is 0.253 e. The molecule has 1 aromatic rings. The van der Waals surface area contributed by atoms with Crippen molar-refractivity contribution in [1.29, 1.82) is 0 Å². The Morgan fingerprint density at radius 3 is 2.53 bits per heavy atom. The molecule has 1 fully saturated rings. The number of hydrogen-bond donors (Lipinski definition) is 2. The predicted molar refractivity (Wildman–Crippen MR) is 75.5 cm³/mol. The van der Waals surface area contributed by atoms with E-state index in [1.54, 1.807) is 24.3 Å². The number of benzene rings is 1. The van der Waals surface area contributed by atoms with Gasteiger partial charge in [-0.05, 0) is 37.1 Å². The minimum absolute atomic E-state index is 0.0669. The van der Waals surface area contributed by atoms with Crippen molar-refractivity contribution in [3.05, 3.63) is 34.9 Å². The zero-order chi connectivity index (χ0) is 13.7. The topological polar surface area (TPSA) is 52.6 Å². The molecule has 1 heterocycles. The Kier molecular flexibility index (Phi) is 5.19. The van der Waals surface area contributed by atoms with E-state index in [4.69, 9.17) is 16.7 Å². The number of carbonyl (C=O) groups is 1. The summed E-state index contributed by atoms with van der Waals surface area (Å²) in [5.41, 5.74) is 0.686. The normalized spacial score (nSPS) is 16.6. The van der Waals surface area contributed by atoms with E-state index in [9.17, 15) is 4.79 Å². The van der Waals surface area contributed by atoms with Crippen molar-refractivity contribution in [2.75, 3.05) is 26.2 Å². The van der Waals surface area contributed by atoms with Gasteiger partial charge in [-0.1, -0.05) is 11.6 Å². The summed E-state index contributed by atoms with van der Waals surface area (Å²) in [7, 11) is 0. The van der Waals surface area contributed by atoms with Crippen molar-refractivity contribution in [2.45, 2.75) is 18.9 Å². The van der Waals surface area contributed by atoms with Crippen LogP contribution in [0.1, 0.15) is 23.2 Å². The average molecular weight is 283 g/mol. The Hall–Kier alpha value is -1.10. The summed E-state index contributed by atoms with van der Waals surface area (Å²) in [6.07, 6.45) is 1.86. The van der Waals surface area contributed by atoms with Crippen molar-refractivity contribution in [1.82, 2.24) is 10.2 Å². The Morgan fingerprint density at radius 1 is 1.32 bits per heavy atom. The van der Waals surface area contributed by atoms with Gasteiger partial charge in [0.15, 0.2) is 0 Å². The van der Waals surface area contributed by atoms with Gasteiger partial charge in [0.2, 0.25) is 0 Å². The van der Waals surface area contributed by atoms with Crippen LogP contribution in [0.5, 0.6) is 0 Å². The Balaban J connectivity index is 1.87. The minimum atomic E-state index is 0.0669. The lowest BCUT2D eigenvalue weighted by Crippen LogP contribution is -2.45. The summed E-state index contributed by atoms with van der Waals surface area (Å²) in [5, 5.41) is 12.7. The van der Waals surface area contributed by atoms with Crippen molar-refractivity contribution in [3.63, 3.8) is 0 Å². The zero-order valence-corrected chi connectivity index (χ0v) is 11.6. The Bertz CT molecular complexity index is 414. The lowest BCUT2D eigenvalue weighted by molar-refractivity contribution is 0.0703. The number of aliphatic hydroxyl groups is 1. The zero-order valence-electron chi connectivity index (χ0n) is 10.8. The van der Waals surface area contributed by atoms with Crippen LogP contribution >= 0.6 is 11.6 Å². The molecule has 2 N–H and O–H groups in total. The van der Waals surface area contributed by atoms with E-state index in [1.807, 2.05) is 4.90 Å². The van der Waals surface area contributed by atoms with E-state index in [1.165, 1.54) is 0 Å². The first-order chi connectivity index (χ1) is 9.20. The summed E-state index contributed by atoms with van der Waals surface area (Å²) < 4.78 is 0.